The molecule has 1 aromatic heterocycles. The average molecular weight is 237 g/mol. The van der Waals surface area contributed by atoms with Gasteiger partial charge in [0.15, 0.2) is 0 Å². The number of aliphatic hydroxyl groups excluding tert-OH is 2. The highest BCUT2D eigenvalue weighted by atomic mass is 16.3. The van der Waals surface area contributed by atoms with E-state index in [0.717, 1.165) is 0 Å². The van der Waals surface area contributed by atoms with Crippen LogP contribution < -0.4 is 11.4 Å². The van der Waals surface area contributed by atoms with Crippen LogP contribution in [0.1, 0.15) is 12.5 Å². The number of aromatic nitrogens is 2. The monoisotopic (exact) mass is 237 g/mol. The summed E-state index contributed by atoms with van der Waals surface area (Å²) in [6.07, 6.45) is 4.81. The Morgan fingerprint density at radius 3 is 2.88 bits per heavy atom. The predicted molar refractivity (Wildman–Crippen MR) is 62.3 cm³/mol. The summed E-state index contributed by atoms with van der Waals surface area (Å²) in [5, 5.41) is 18.8. The van der Waals surface area contributed by atoms with Gasteiger partial charge in [0, 0.05) is 12.1 Å². The van der Waals surface area contributed by atoms with E-state index in [1.807, 2.05) is 0 Å². The quantitative estimate of drug-likeness (QED) is 0.590. The molecule has 1 aliphatic carbocycles. The Labute approximate surface area is 98.0 Å². The van der Waals surface area contributed by atoms with Gasteiger partial charge in [0.2, 0.25) is 0 Å². The minimum absolute atomic E-state index is 0.0979. The molecule has 0 aromatic carbocycles. The molecule has 1 aliphatic rings. The smallest absolute Gasteiger partial charge is 0.350 e. The van der Waals surface area contributed by atoms with Crippen molar-refractivity contribution in [2.24, 2.45) is 5.92 Å². The van der Waals surface area contributed by atoms with Crippen molar-refractivity contribution in [3.05, 3.63) is 34.9 Å². The molecule has 2 rings (SSSR count). The SMILES string of the molecule is Nc1ccn(C2C=C[C@@H](CO)[C@H](O)C2)c(=O)n1. The van der Waals surface area contributed by atoms with Gasteiger partial charge in [0.05, 0.1) is 18.8 Å². The highest BCUT2D eigenvalue weighted by molar-refractivity contribution is 5.24. The third-order valence-electron chi connectivity index (χ3n) is 2.98. The van der Waals surface area contributed by atoms with Gasteiger partial charge in [0.25, 0.3) is 0 Å². The summed E-state index contributed by atoms with van der Waals surface area (Å²) >= 11 is 0. The Morgan fingerprint density at radius 1 is 1.53 bits per heavy atom. The Kier molecular flexibility index (Phi) is 3.26. The van der Waals surface area contributed by atoms with Gasteiger partial charge in [-0.2, -0.15) is 4.98 Å². The van der Waals surface area contributed by atoms with Crippen LogP contribution in [0.2, 0.25) is 0 Å². The molecule has 0 radical (unpaired) electrons. The van der Waals surface area contributed by atoms with Crippen molar-refractivity contribution in [3.63, 3.8) is 0 Å². The highest BCUT2D eigenvalue weighted by Gasteiger charge is 2.25. The fraction of sp³-hybridized carbons (Fsp3) is 0.455. The Morgan fingerprint density at radius 2 is 2.29 bits per heavy atom. The van der Waals surface area contributed by atoms with E-state index in [1.54, 1.807) is 24.4 Å². The van der Waals surface area contributed by atoms with Gasteiger partial charge in [-0.15, -0.1) is 0 Å². The first-order valence-electron chi connectivity index (χ1n) is 5.43. The van der Waals surface area contributed by atoms with E-state index in [-0.39, 0.29) is 24.4 Å². The summed E-state index contributed by atoms with van der Waals surface area (Å²) in [5.74, 6) is -0.0801. The van der Waals surface area contributed by atoms with Gasteiger partial charge >= 0.3 is 5.69 Å². The lowest BCUT2D eigenvalue weighted by Gasteiger charge is -2.27. The lowest BCUT2D eigenvalue weighted by atomic mass is 9.90. The molecule has 0 fully saturated rings. The number of aliphatic hydroxyl groups is 2. The van der Waals surface area contributed by atoms with Gasteiger partial charge in [0.1, 0.15) is 5.82 Å². The van der Waals surface area contributed by atoms with Crippen molar-refractivity contribution in [1.29, 1.82) is 0 Å². The van der Waals surface area contributed by atoms with Crippen molar-refractivity contribution < 1.29 is 10.2 Å². The number of nitrogens with zero attached hydrogens (tertiary/aromatic N) is 2. The van der Waals surface area contributed by atoms with Crippen molar-refractivity contribution in [2.45, 2.75) is 18.6 Å². The van der Waals surface area contributed by atoms with Crippen LogP contribution in [-0.2, 0) is 0 Å². The minimum atomic E-state index is -0.653. The average Bonchev–Trinajstić information content (AvgIpc) is 2.29. The van der Waals surface area contributed by atoms with E-state index >= 15 is 0 Å². The van der Waals surface area contributed by atoms with Gasteiger partial charge in [-0.25, -0.2) is 4.79 Å². The first kappa shape index (κ1) is 11.8. The van der Waals surface area contributed by atoms with Crippen LogP contribution in [0, 0.1) is 5.92 Å². The molecule has 0 saturated carbocycles. The summed E-state index contributed by atoms with van der Waals surface area (Å²) in [6.45, 7) is -0.0979. The third-order valence-corrected chi connectivity index (χ3v) is 2.98. The van der Waals surface area contributed by atoms with Crippen LogP contribution in [-0.4, -0.2) is 32.5 Å². The fourth-order valence-electron chi connectivity index (χ4n) is 1.97. The Hall–Kier alpha value is -1.66. The van der Waals surface area contributed by atoms with E-state index in [2.05, 4.69) is 4.98 Å². The second kappa shape index (κ2) is 4.68. The summed E-state index contributed by atoms with van der Waals surface area (Å²) in [5.41, 5.74) is 4.97. The normalized spacial score (nSPS) is 28.2. The highest BCUT2D eigenvalue weighted by Crippen LogP contribution is 2.25. The van der Waals surface area contributed by atoms with Crippen LogP contribution in [0.4, 0.5) is 5.82 Å². The molecular formula is C11H15N3O3. The molecule has 4 N–H and O–H groups in total. The fourth-order valence-corrected chi connectivity index (χ4v) is 1.97. The zero-order valence-electron chi connectivity index (χ0n) is 9.23. The molecule has 0 saturated heterocycles. The molecule has 92 valence electrons. The van der Waals surface area contributed by atoms with Gasteiger partial charge < -0.3 is 15.9 Å². The molecule has 17 heavy (non-hydrogen) atoms. The number of rotatable bonds is 2. The van der Waals surface area contributed by atoms with Gasteiger partial charge in [-0.3, -0.25) is 4.57 Å². The number of hydrogen-bond donors (Lipinski definition) is 3. The van der Waals surface area contributed by atoms with Crippen LogP contribution in [0.3, 0.4) is 0 Å². The van der Waals surface area contributed by atoms with E-state index < -0.39 is 11.8 Å². The van der Waals surface area contributed by atoms with Crippen LogP contribution in [0.5, 0.6) is 0 Å². The third kappa shape index (κ3) is 2.37. The molecular weight excluding hydrogens is 222 g/mol. The van der Waals surface area contributed by atoms with Crippen molar-refractivity contribution in [3.8, 4) is 0 Å². The standard InChI is InChI=1S/C11H15N3O3/c12-10-3-4-14(11(17)13-10)8-2-1-7(6-15)9(16)5-8/h1-4,7-9,15-16H,5-6H2,(H2,12,13,17)/t7-,8?,9+/m0/s1. The number of hydrogen-bond acceptors (Lipinski definition) is 5. The van der Waals surface area contributed by atoms with E-state index in [4.69, 9.17) is 10.8 Å². The number of anilines is 1. The zero-order chi connectivity index (χ0) is 12.4. The van der Waals surface area contributed by atoms with Gasteiger partial charge in [-0.1, -0.05) is 12.2 Å². The van der Waals surface area contributed by atoms with E-state index in [0.29, 0.717) is 6.42 Å². The molecule has 0 aliphatic heterocycles. The molecule has 1 aromatic rings. The summed E-state index contributed by atoms with van der Waals surface area (Å²) < 4.78 is 1.42. The Balaban J connectivity index is 2.27. The molecule has 3 atom stereocenters. The summed E-state index contributed by atoms with van der Waals surface area (Å²) in [4.78, 5) is 15.2. The Bertz CT molecular complexity index is 483. The summed E-state index contributed by atoms with van der Waals surface area (Å²) in [6, 6.07) is 1.30. The van der Waals surface area contributed by atoms with E-state index in [1.165, 1.54) is 4.57 Å². The lowest BCUT2D eigenvalue weighted by molar-refractivity contribution is 0.0693. The molecule has 0 spiro atoms. The van der Waals surface area contributed by atoms with Crippen LogP contribution in [0.25, 0.3) is 0 Å². The predicted octanol–water partition coefficient (Wildman–Crippen LogP) is -0.704. The molecule has 1 unspecified atom stereocenters. The maximum atomic E-state index is 11.6. The van der Waals surface area contributed by atoms with Crippen LogP contribution in [0.15, 0.2) is 29.2 Å². The minimum Gasteiger partial charge on any atom is -0.396 e. The zero-order valence-corrected chi connectivity index (χ0v) is 9.23. The molecule has 1 heterocycles. The molecule has 6 nitrogen and oxygen atoms in total. The van der Waals surface area contributed by atoms with Crippen molar-refractivity contribution in [2.75, 3.05) is 12.3 Å². The topological polar surface area (TPSA) is 101 Å². The summed E-state index contributed by atoms with van der Waals surface area (Å²) in [7, 11) is 0. The molecule has 0 amide bonds. The second-order valence-electron chi connectivity index (χ2n) is 4.14. The largest absolute Gasteiger partial charge is 0.396 e. The number of allylic oxidation sites excluding steroid dienone is 1. The maximum Gasteiger partial charge on any atom is 0.350 e. The molecule has 0 bridgehead atoms. The first-order valence-corrected chi connectivity index (χ1v) is 5.43. The van der Waals surface area contributed by atoms with Gasteiger partial charge in [-0.05, 0) is 12.5 Å². The maximum absolute atomic E-state index is 11.6. The van der Waals surface area contributed by atoms with Crippen molar-refractivity contribution >= 4 is 5.82 Å². The lowest BCUT2D eigenvalue weighted by Crippen LogP contribution is -2.34. The first-order chi connectivity index (χ1) is 8.11. The number of nitrogen functional groups attached to an aromatic ring is 1. The van der Waals surface area contributed by atoms with Crippen LogP contribution >= 0.6 is 0 Å². The van der Waals surface area contributed by atoms with E-state index in [9.17, 15) is 9.90 Å². The number of nitrogens with two attached hydrogens (primary N) is 1. The second-order valence-corrected chi connectivity index (χ2v) is 4.14. The van der Waals surface area contributed by atoms with Crippen molar-refractivity contribution in [1.82, 2.24) is 9.55 Å². The molecule has 6 heteroatoms.